The Kier molecular flexibility index (Phi) is 5.80. The number of amides is 1. The zero-order chi connectivity index (χ0) is 24.9. The van der Waals surface area contributed by atoms with Gasteiger partial charge in [-0.25, -0.2) is 0 Å². The summed E-state index contributed by atoms with van der Waals surface area (Å²) in [5.41, 5.74) is 1.73. The first-order valence-corrected chi connectivity index (χ1v) is 11.7. The summed E-state index contributed by atoms with van der Waals surface area (Å²) in [6.45, 7) is 1.96. The zero-order valence-corrected chi connectivity index (χ0v) is 20.5. The first-order chi connectivity index (χ1) is 16.8. The Morgan fingerprint density at radius 3 is 2.74 bits per heavy atom. The maximum Gasteiger partial charge on any atom is 0.296 e. The van der Waals surface area contributed by atoms with Crippen molar-refractivity contribution in [1.29, 1.82) is 0 Å². The second-order valence-electron chi connectivity index (χ2n) is 8.52. The van der Waals surface area contributed by atoms with Crippen LogP contribution in [0.2, 0.25) is 0 Å². The molecule has 0 spiro atoms. The largest absolute Gasteiger partial charge is 0.507 e. The molecule has 180 valence electrons. The van der Waals surface area contributed by atoms with Crippen LogP contribution in [0.25, 0.3) is 5.76 Å². The Balaban J connectivity index is 1.68. The second-order valence-corrected chi connectivity index (χ2v) is 9.37. The maximum absolute atomic E-state index is 13.3. The number of phenolic OH excluding ortho intramolecular Hbond substituents is 1. The molecule has 0 saturated carbocycles. The molecule has 2 aromatic carbocycles. The van der Waals surface area contributed by atoms with Gasteiger partial charge >= 0.3 is 0 Å². The number of aliphatic hydroxyl groups is 1. The molecular weight excluding hydrogens is 518 g/mol. The number of phenols is 1. The molecule has 0 unspecified atom stereocenters. The third-order valence-electron chi connectivity index (χ3n) is 6.20. The number of aliphatic hydroxyl groups excluding tert-OH is 1. The molecule has 35 heavy (non-hydrogen) atoms. The smallest absolute Gasteiger partial charge is 0.296 e. The van der Waals surface area contributed by atoms with Gasteiger partial charge in [0.25, 0.3) is 11.7 Å². The number of carbonyl (C=O) groups is 2. The highest BCUT2D eigenvalue weighted by Crippen LogP contribution is 2.45. The van der Waals surface area contributed by atoms with Crippen molar-refractivity contribution in [3.05, 3.63) is 81.2 Å². The molecule has 2 aliphatic rings. The number of furan rings is 1. The van der Waals surface area contributed by atoms with Crippen LogP contribution in [0, 0.1) is 0 Å². The summed E-state index contributed by atoms with van der Waals surface area (Å²) >= 11 is 3.31. The number of Topliss-reactive ketones (excluding diaryl/α,β-unsaturated/α-hetero) is 1. The molecule has 9 heteroatoms. The van der Waals surface area contributed by atoms with Crippen LogP contribution in [0.4, 0.5) is 0 Å². The molecule has 5 rings (SSSR count). The molecule has 8 nitrogen and oxygen atoms in total. The normalized spacial score (nSPS) is 20.7. The van der Waals surface area contributed by atoms with E-state index in [0.29, 0.717) is 27.8 Å². The van der Waals surface area contributed by atoms with Crippen LogP contribution < -0.4 is 9.47 Å². The number of ether oxygens (including phenoxy) is 2. The van der Waals surface area contributed by atoms with Crippen LogP contribution in [0.5, 0.6) is 17.2 Å². The quantitative estimate of drug-likeness (QED) is 0.274. The third-order valence-corrected chi connectivity index (χ3v) is 6.81. The molecule has 3 heterocycles. The summed E-state index contributed by atoms with van der Waals surface area (Å²) in [4.78, 5) is 27.8. The Labute approximate surface area is 209 Å². The van der Waals surface area contributed by atoms with E-state index >= 15 is 0 Å². The van der Waals surface area contributed by atoms with Crippen molar-refractivity contribution in [3.8, 4) is 17.2 Å². The fourth-order valence-corrected chi connectivity index (χ4v) is 5.05. The predicted octanol–water partition coefficient (Wildman–Crippen LogP) is 4.70. The minimum atomic E-state index is -0.950. The van der Waals surface area contributed by atoms with E-state index in [1.165, 1.54) is 24.3 Å². The topological polar surface area (TPSA) is 109 Å². The van der Waals surface area contributed by atoms with Crippen LogP contribution in [-0.4, -0.2) is 40.0 Å². The van der Waals surface area contributed by atoms with E-state index in [-0.39, 0.29) is 35.5 Å². The summed E-state index contributed by atoms with van der Waals surface area (Å²) < 4.78 is 16.8. The Hall–Kier alpha value is -3.72. The number of carbonyl (C=O) groups excluding carboxylic acids is 2. The van der Waals surface area contributed by atoms with Gasteiger partial charge in [0.2, 0.25) is 0 Å². The molecule has 0 bridgehead atoms. The summed E-state index contributed by atoms with van der Waals surface area (Å²) in [6.07, 6.45) is 2.17. The van der Waals surface area contributed by atoms with Crippen molar-refractivity contribution in [1.82, 2.24) is 4.90 Å². The zero-order valence-electron chi connectivity index (χ0n) is 18.9. The molecule has 2 N–H and O–H groups in total. The van der Waals surface area contributed by atoms with Gasteiger partial charge in [-0.05, 0) is 76.4 Å². The van der Waals surface area contributed by atoms with Gasteiger partial charge in [-0.2, -0.15) is 0 Å². The van der Waals surface area contributed by atoms with Gasteiger partial charge in [-0.3, -0.25) is 9.59 Å². The average molecular weight is 540 g/mol. The molecule has 1 fully saturated rings. The minimum absolute atomic E-state index is 0.00930. The first kappa shape index (κ1) is 23.0. The highest BCUT2D eigenvalue weighted by molar-refractivity contribution is 9.10. The standard InChI is InChI=1S/C26H22BrNO7/c1-13-8-15-9-14(5-6-19(15)35-13)23(29)21-22(16-10-18(27)24(30)20(11-16)33-2)28(26(32)25(21)31)12-17-4-3-7-34-17/h3-7,9-11,13,22,29-30H,8,12H2,1-2H3/t13-,22-/m1/s1. The number of methoxy groups -OCH3 is 1. The number of hydrogen-bond donors (Lipinski definition) is 2. The lowest BCUT2D eigenvalue weighted by molar-refractivity contribution is -0.140. The molecule has 1 amide bonds. The number of rotatable bonds is 5. The summed E-state index contributed by atoms with van der Waals surface area (Å²) in [5.74, 6) is -0.627. The monoisotopic (exact) mass is 539 g/mol. The van der Waals surface area contributed by atoms with Crippen molar-refractivity contribution >= 4 is 33.4 Å². The van der Waals surface area contributed by atoms with Gasteiger partial charge in [0.05, 0.1) is 36.0 Å². The van der Waals surface area contributed by atoms with Crippen molar-refractivity contribution in [2.45, 2.75) is 32.0 Å². The van der Waals surface area contributed by atoms with Crippen LogP contribution in [0.1, 0.15) is 35.4 Å². The van der Waals surface area contributed by atoms with E-state index in [0.717, 1.165) is 11.3 Å². The van der Waals surface area contributed by atoms with E-state index in [1.807, 2.05) is 6.92 Å². The highest BCUT2D eigenvalue weighted by Gasteiger charge is 2.47. The molecule has 1 aromatic heterocycles. The van der Waals surface area contributed by atoms with Crippen molar-refractivity contribution < 1.29 is 33.7 Å². The van der Waals surface area contributed by atoms with Gasteiger partial charge in [-0.15, -0.1) is 0 Å². The van der Waals surface area contributed by atoms with Crippen LogP contribution in [-0.2, 0) is 22.6 Å². The average Bonchev–Trinajstić information content (AvgIpc) is 3.54. The number of fused-ring (bicyclic) bond motifs is 1. The van der Waals surface area contributed by atoms with E-state index in [1.54, 1.807) is 36.4 Å². The minimum Gasteiger partial charge on any atom is -0.507 e. The molecule has 2 atom stereocenters. The molecule has 2 aliphatic heterocycles. The van der Waals surface area contributed by atoms with E-state index in [4.69, 9.17) is 13.9 Å². The molecule has 0 radical (unpaired) electrons. The number of benzene rings is 2. The number of hydrogen-bond acceptors (Lipinski definition) is 7. The van der Waals surface area contributed by atoms with Gasteiger partial charge in [-0.1, -0.05) is 0 Å². The Morgan fingerprint density at radius 2 is 2.03 bits per heavy atom. The van der Waals surface area contributed by atoms with Crippen molar-refractivity contribution in [2.24, 2.45) is 0 Å². The number of aromatic hydroxyl groups is 1. The second kappa shape index (κ2) is 8.81. The lowest BCUT2D eigenvalue weighted by Crippen LogP contribution is -2.29. The van der Waals surface area contributed by atoms with Gasteiger partial charge < -0.3 is 29.0 Å². The molecule has 1 saturated heterocycles. The lowest BCUT2D eigenvalue weighted by atomic mass is 9.94. The fraction of sp³-hybridized carbons (Fsp3) is 0.231. The maximum atomic E-state index is 13.3. The number of nitrogens with zero attached hydrogens (tertiary/aromatic N) is 1. The third kappa shape index (κ3) is 3.95. The Bertz CT molecular complexity index is 1360. The summed E-state index contributed by atoms with van der Waals surface area (Å²) in [7, 11) is 1.40. The van der Waals surface area contributed by atoms with Crippen LogP contribution in [0.15, 0.2) is 63.2 Å². The highest BCUT2D eigenvalue weighted by atomic mass is 79.9. The predicted molar refractivity (Wildman–Crippen MR) is 129 cm³/mol. The first-order valence-electron chi connectivity index (χ1n) is 11.0. The number of halogens is 1. The number of likely N-dealkylation sites (tertiary alicyclic amines) is 1. The van der Waals surface area contributed by atoms with Crippen LogP contribution >= 0.6 is 15.9 Å². The fourth-order valence-electron chi connectivity index (χ4n) is 4.59. The van der Waals surface area contributed by atoms with Gasteiger partial charge in [0, 0.05) is 12.0 Å². The van der Waals surface area contributed by atoms with E-state index < -0.39 is 17.7 Å². The van der Waals surface area contributed by atoms with Crippen molar-refractivity contribution in [2.75, 3.05) is 7.11 Å². The Morgan fingerprint density at radius 1 is 1.23 bits per heavy atom. The molecule has 0 aliphatic carbocycles. The van der Waals surface area contributed by atoms with E-state index in [9.17, 15) is 19.8 Å². The summed E-state index contributed by atoms with van der Waals surface area (Å²) in [6, 6.07) is 10.8. The molecule has 3 aromatic rings. The molecular formula is C26H22BrNO7. The number of ketones is 1. The van der Waals surface area contributed by atoms with E-state index in [2.05, 4.69) is 15.9 Å². The van der Waals surface area contributed by atoms with Gasteiger partial charge in [0.1, 0.15) is 23.4 Å². The van der Waals surface area contributed by atoms with Crippen molar-refractivity contribution in [3.63, 3.8) is 0 Å². The summed E-state index contributed by atoms with van der Waals surface area (Å²) in [5, 5.41) is 21.7. The van der Waals surface area contributed by atoms with Crippen LogP contribution in [0.3, 0.4) is 0 Å². The lowest BCUT2D eigenvalue weighted by Gasteiger charge is -2.25. The van der Waals surface area contributed by atoms with Gasteiger partial charge in [0.15, 0.2) is 11.5 Å². The SMILES string of the molecule is COc1cc([C@@H]2C(=C(O)c3ccc4c(c3)C[C@@H](C)O4)C(=O)C(=O)N2Cc2ccco2)cc(Br)c1O.